The van der Waals surface area contributed by atoms with Gasteiger partial charge < -0.3 is 5.32 Å². The van der Waals surface area contributed by atoms with E-state index < -0.39 is 0 Å². The molecule has 0 saturated heterocycles. The summed E-state index contributed by atoms with van der Waals surface area (Å²) in [6.45, 7) is 3.66. The molecule has 0 unspecified atom stereocenters. The van der Waals surface area contributed by atoms with Crippen molar-refractivity contribution in [2.24, 2.45) is 5.11 Å². The Morgan fingerprint density at radius 2 is 2.33 bits per heavy atom. The molecule has 1 aromatic rings. The molecular formula is C10H10N4O. The summed E-state index contributed by atoms with van der Waals surface area (Å²) in [5.74, 6) is -0.259. The van der Waals surface area contributed by atoms with Gasteiger partial charge in [-0.3, -0.25) is 4.79 Å². The smallest absolute Gasteiger partial charge is 0.243 e. The zero-order valence-corrected chi connectivity index (χ0v) is 8.05. The fourth-order valence-electron chi connectivity index (χ4n) is 1.06. The lowest BCUT2D eigenvalue weighted by molar-refractivity contribution is -0.116. The molecule has 0 radical (unpaired) electrons. The zero-order chi connectivity index (χ0) is 11.1. The Morgan fingerprint density at radius 3 is 3.00 bits per heavy atom. The molecule has 5 heteroatoms. The van der Waals surface area contributed by atoms with E-state index in [-0.39, 0.29) is 5.91 Å². The van der Waals surface area contributed by atoms with E-state index in [0.29, 0.717) is 12.2 Å². The lowest BCUT2D eigenvalue weighted by atomic mass is 10.2. The van der Waals surface area contributed by atoms with Crippen LogP contribution in [0.15, 0.2) is 42.0 Å². The van der Waals surface area contributed by atoms with Crippen molar-refractivity contribution in [3.8, 4) is 0 Å². The van der Waals surface area contributed by atoms with Crippen LogP contribution in [0, 0.1) is 0 Å². The van der Waals surface area contributed by atoms with Gasteiger partial charge in [0.2, 0.25) is 5.91 Å². The number of benzene rings is 1. The van der Waals surface area contributed by atoms with Gasteiger partial charge >= 0.3 is 0 Å². The highest BCUT2D eigenvalue weighted by atomic mass is 16.1. The van der Waals surface area contributed by atoms with E-state index in [0.717, 1.165) is 5.56 Å². The van der Waals surface area contributed by atoms with E-state index in [9.17, 15) is 4.79 Å². The van der Waals surface area contributed by atoms with E-state index >= 15 is 0 Å². The maximum absolute atomic E-state index is 10.9. The van der Waals surface area contributed by atoms with E-state index in [1.165, 1.54) is 6.08 Å². The molecular weight excluding hydrogens is 192 g/mol. The standard InChI is InChI=1S/C10H10N4O/c1-2-10(15)12-7-8-5-3-4-6-9(8)13-14-11/h2-6H,1,7H2,(H,12,15). The summed E-state index contributed by atoms with van der Waals surface area (Å²) in [6.07, 6.45) is 1.19. The number of carbonyl (C=O) groups excluding carboxylic acids is 1. The lowest BCUT2D eigenvalue weighted by Gasteiger charge is -2.04. The van der Waals surface area contributed by atoms with Crippen molar-refractivity contribution in [3.63, 3.8) is 0 Å². The molecule has 5 nitrogen and oxygen atoms in total. The van der Waals surface area contributed by atoms with Gasteiger partial charge in [-0.15, -0.1) is 0 Å². The minimum Gasteiger partial charge on any atom is -0.348 e. The molecule has 0 aliphatic rings. The van der Waals surface area contributed by atoms with Crippen LogP contribution in [0.1, 0.15) is 5.56 Å². The van der Waals surface area contributed by atoms with Crippen LogP contribution in [-0.4, -0.2) is 5.91 Å². The van der Waals surface area contributed by atoms with Crippen LogP contribution in [0.25, 0.3) is 10.4 Å². The summed E-state index contributed by atoms with van der Waals surface area (Å²) in [4.78, 5) is 13.6. The number of nitrogens with one attached hydrogen (secondary N) is 1. The van der Waals surface area contributed by atoms with Crippen molar-refractivity contribution in [1.82, 2.24) is 5.32 Å². The number of hydrogen-bond donors (Lipinski definition) is 1. The topological polar surface area (TPSA) is 77.9 Å². The molecule has 0 aliphatic heterocycles. The molecule has 15 heavy (non-hydrogen) atoms. The summed E-state index contributed by atoms with van der Waals surface area (Å²) in [7, 11) is 0. The lowest BCUT2D eigenvalue weighted by Crippen LogP contribution is -2.19. The molecule has 0 heterocycles. The number of hydrogen-bond acceptors (Lipinski definition) is 2. The number of carbonyl (C=O) groups is 1. The molecule has 0 spiro atoms. The Balaban J connectivity index is 2.79. The van der Waals surface area contributed by atoms with Crippen LogP contribution in [0.5, 0.6) is 0 Å². The predicted octanol–water partition coefficient (Wildman–Crippen LogP) is 2.43. The first kappa shape index (κ1) is 10.8. The maximum atomic E-state index is 10.9. The summed E-state index contributed by atoms with van der Waals surface area (Å²) in [6, 6.07) is 7.05. The number of rotatable bonds is 4. The number of amides is 1. The van der Waals surface area contributed by atoms with Crippen molar-refractivity contribution in [3.05, 3.63) is 52.9 Å². The molecule has 0 aromatic heterocycles. The quantitative estimate of drug-likeness (QED) is 0.346. The van der Waals surface area contributed by atoms with Crippen LogP contribution in [0.2, 0.25) is 0 Å². The maximum Gasteiger partial charge on any atom is 0.243 e. The molecule has 0 aliphatic carbocycles. The summed E-state index contributed by atoms with van der Waals surface area (Å²) < 4.78 is 0. The van der Waals surface area contributed by atoms with E-state index in [1.807, 2.05) is 6.07 Å². The molecule has 76 valence electrons. The van der Waals surface area contributed by atoms with Crippen LogP contribution >= 0.6 is 0 Å². The van der Waals surface area contributed by atoms with Crippen LogP contribution in [-0.2, 0) is 11.3 Å². The average molecular weight is 202 g/mol. The Kier molecular flexibility index (Phi) is 3.94. The molecule has 0 fully saturated rings. The highest BCUT2D eigenvalue weighted by Gasteiger charge is 2.00. The van der Waals surface area contributed by atoms with Gasteiger partial charge in [0, 0.05) is 17.1 Å². The summed E-state index contributed by atoms with van der Waals surface area (Å²) in [5, 5.41) is 6.12. The van der Waals surface area contributed by atoms with Crippen LogP contribution in [0.3, 0.4) is 0 Å². The summed E-state index contributed by atoms with van der Waals surface area (Å²) >= 11 is 0. The van der Waals surface area contributed by atoms with Gasteiger partial charge in [-0.25, -0.2) is 0 Å². The van der Waals surface area contributed by atoms with E-state index in [1.54, 1.807) is 18.2 Å². The second kappa shape index (κ2) is 5.47. The predicted molar refractivity (Wildman–Crippen MR) is 57.3 cm³/mol. The Bertz CT molecular complexity index is 421. The van der Waals surface area contributed by atoms with E-state index in [2.05, 4.69) is 21.9 Å². The van der Waals surface area contributed by atoms with Crippen molar-refractivity contribution in [2.45, 2.75) is 6.54 Å². The monoisotopic (exact) mass is 202 g/mol. The highest BCUT2D eigenvalue weighted by Crippen LogP contribution is 2.18. The third kappa shape index (κ3) is 3.17. The van der Waals surface area contributed by atoms with Gasteiger partial charge in [0.05, 0.1) is 0 Å². The van der Waals surface area contributed by atoms with Crippen LogP contribution in [0.4, 0.5) is 5.69 Å². The van der Waals surface area contributed by atoms with Crippen LogP contribution < -0.4 is 5.32 Å². The first-order valence-electron chi connectivity index (χ1n) is 4.31. The second-order valence-corrected chi connectivity index (χ2v) is 2.74. The average Bonchev–Trinajstić information content (AvgIpc) is 2.28. The van der Waals surface area contributed by atoms with Gasteiger partial charge in [0.1, 0.15) is 0 Å². The normalized spacial score (nSPS) is 8.80. The van der Waals surface area contributed by atoms with Gasteiger partial charge in [-0.1, -0.05) is 36.0 Å². The SMILES string of the molecule is C=CC(=O)NCc1ccccc1N=[N+]=[N-]. The first-order chi connectivity index (χ1) is 7.27. The molecule has 1 rings (SSSR count). The Morgan fingerprint density at radius 1 is 1.60 bits per heavy atom. The fraction of sp³-hybridized carbons (Fsp3) is 0.100. The minimum absolute atomic E-state index is 0.259. The molecule has 1 N–H and O–H groups in total. The van der Waals surface area contributed by atoms with Gasteiger partial charge in [0.15, 0.2) is 0 Å². The van der Waals surface area contributed by atoms with Crippen molar-refractivity contribution in [2.75, 3.05) is 0 Å². The van der Waals surface area contributed by atoms with Crippen molar-refractivity contribution in [1.29, 1.82) is 0 Å². The Hall–Kier alpha value is -2.26. The number of nitrogens with zero attached hydrogens (tertiary/aromatic N) is 3. The molecule has 0 atom stereocenters. The molecule has 1 aromatic carbocycles. The van der Waals surface area contributed by atoms with Crippen molar-refractivity contribution >= 4 is 11.6 Å². The number of azide groups is 1. The largest absolute Gasteiger partial charge is 0.348 e. The fourth-order valence-corrected chi connectivity index (χ4v) is 1.06. The van der Waals surface area contributed by atoms with Gasteiger partial charge in [-0.2, -0.15) is 0 Å². The van der Waals surface area contributed by atoms with Gasteiger partial charge in [-0.05, 0) is 17.2 Å². The minimum atomic E-state index is -0.259. The van der Waals surface area contributed by atoms with Gasteiger partial charge in [0.25, 0.3) is 0 Å². The zero-order valence-electron chi connectivity index (χ0n) is 8.05. The molecule has 0 bridgehead atoms. The Labute approximate surface area is 87.0 Å². The van der Waals surface area contributed by atoms with Crippen molar-refractivity contribution < 1.29 is 4.79 Å². The third-order valence-electron chi connectivity index (χ3n) is 1.78. The second-order valence-electron chi connectivity index (χ2n) is 2.74. The highest BCUT2D eigenvalue weighted by molar-refractivity contribution is 5.86. The third-order valence-corrected chi connectivity index (χ3v) is 1.78. The van der Waals surface area contributed by atoms with E-state index in [4.69, 9.17) is 5.53 Å². The first-order valence-corrected chi connectivity index (χ1v) is 4.31. The molecule has 0 saturated carbocycles. The molecule has 1 amide bonds. The summed E-state index contributed by atoms with van der Waals surface area (Å²) in [5.41, 5.74) is 9.61.